The molecule has 0 aliphatic carbocycles. The molecule has 158 valence electrons. The first-order valence-electron chi connectivity index (χ1n) is 5.27. The summed E-state index contributed by atoms with van der Waals surface area (Å²) in [5.74, 6) is -3.75. The zero-order valence-corrected chi connectivity index (χ0v) is 15.6. The van der Waals surface area contributed by atoms with Crippen molar-refractivity contribution in [2.45, 2.75) is 0 Å². The van der Waals surface area contributed by atoms with Gasteiger partial charge in [0.15, 0.2) is 0 Å². The van der Waals surface area contributed by atoms with Crippen molar-refractivity contribution >= 4 is 46.2 Å². The van der Waals surface area contributed by atoms with Crippen LogP contribution >= 0.6 is 0 Å². The van der Waals surface area contributed by atoms with Crippen LogP contribution in [-0.4, -0.2) is 53.3 Å². The molecular weight excluding hydrogens is 481 g/mol. The largest absolute Gasteiger partial charge is 3.00 e. The molecule has 0 amide bonds. The summed E-state index contributed by atoms with van der Waals surface area (Å²) >= 11 is 0. The Balaban J connectivity index is -0.0000000793. The van der Waals surface area contributed by atoms with Crippen LogP contribution in [0.4, 0.5) is 0 Å². The SMILES string of the molecule is O=S(=O)(O)O.[N-]=C(N)NC(=[N-])N.[N-]=C(N)NC(=[N-])N.[N-]=C(N)NC(=[N-])N.[Rh+3]. The fraction of sp³-hybridized carbons (Fsp3) is 0. The molecule has 0 aromatic heterocycles. The molecule has 27 heavy (non-hydrogen) atoms. The van der Waals surface area contributed by atoms with Gasteiger partial charge in [0, 0.05) is 35.8 Å². The predicted molar refractivity (Wildman–Crippen MR) is 98.9 cm³/mol. The Morgan fingerprint density at radius 3 is 0.630 bits per heavy atom. The predicted octanol–water partition coefficient (Wildman–Crippen LogP) is -5.62. The third-order valence-corrected chi connectivity index (χ3v) is 0.768. The van der Waals surface area contributed by atoms with Gasteiger partial charge in [0.25, 0.3) is 0 Å². The fourth-order valence-electron chi connectivity index (χ4n) is 0.394. The molecule has 0 spiro atoms. The molecule has 0 aromatic rings. The van der Waals surface area contributed by atoms with Gasteiger partial charge in [-0.15, -0.1) is 0 Å². The van der Waals surface area contributed by atoms with Crippen LogP contribution < -0.4 is 50.4 Å². The second-order valence-corrected chi connectivity index (χ2v) is 4.03. The molecule has 0 rings (SSSR count). The summed E-state index contributed by atoms with van der Waals surface area (Å²) in [6.07, 6.45) is 0. The molecule has 0 aromatic carbocycles. The van der Waals surface area contributed by atoms with Gasteiger partial charge >= 0.3 is 29.9 Å². The number of nitrogens with one attached hydrogen (secondary N) is 3. The minimum Gasteiger partial charge on any atom is -0.454 e. The van der Waals surface area contributed by atoms with Gasteiger partial charge in [-0.1, -0.05) is 0 Å². The summed E-state index contributed by atoms with van der Waals surface area (Å²) in [4.78, 5) is 0. The summed E-state index contributed by atoms with van der Waals surface area (Å²) in [6, 6.07) is 0. The number of nitrogens with two attached hydrogens (primary N) is 6. The molecular formula is C6H17N15O4RhS-3. The van der Waals surface area contributed by atoms with E-state index in [1.165, 1.54) is 0 Å². The molecule has 0 aliphatic heterocycles. The summed E-state index contributed by atoms with van der Waals surface area (Å²) in [5, 5.41) is 53.7. The van der Waals surface area contributed by atoms with E-state index in [0.717, 1.165) is 0 Å². The molecule has 21 heteroatoms. The molecule has 0 aliphatic rings. The minimum atomic E-state index is -4.67. The van der Waals surface area contributed by atoms with E-state index in [4.69, 9.17) is 50.0 Å². The summed E-state index contributed by atoms with van der Waals surface area (Å²) in [5.41, 5.74) is 27.6. The van der Waals surface area contributed by atoms with E-state index < -0.39 is 46.2 Å². The van der Waals surface area contributed by atoms with Gasteiger partial charge in [0.05, 0.1) is 0 Å². The van der Waals surface area contributed by atoms with Crippen LogP contribution in [0.5, 0.6) is 0 Å². The second-order valence-electron chi connectivity index (χ2n) is 3.13. The maximum Gasteiger partial charge on any atom is 3.00 e. The van der Waals surface area contributed by atoms with Crippen molar-refractivity contribution < 1.29 is 37.0 Å². The van der Waals surface area contributed by atoms with Crippen LogP contribution in [0.25, 0.3) is 32.5 Å². The first kappa shape index (κ1) is 34.9. The molecule has 0 saturated heterocycles. The van der Waals surface area contributed by atoms with Crippen molar-refractivity contribution in [1.82, 2.24) is 16.0 Å². The van der Waals surface area contributed by atoms with Crippen LogP contribution in [0.1, 0.15) is 0 Å². The number of hydrogen-bond donors (Lipinski definition) is 11. The van der Waals surface area contributed by atoms with E-state index in [0.29, 0.717) is 0 Å². The Bertz CT molecular complexity index is 512. The second kappa shape index (κ2) is 19.0. The topological polar surface area (TPSA) is 401 Å². The fourth-order valence-corrected chi connectivity index (χ4v) is 0.394. The van der Waals surface area contributed by atoms with Crippen LogP contribution in [-0.2, 0) is 29.9 Å². The van der Waals surface area contributed by atoms with Gasteiger partial charge in [-0.2, -0.15) is 8.42 Å². The number of hydrogen-bond acceptors (Lipinski definition) is 2. The maximum atomic E-state index is 8.74. The maximum absolute atomic E-state index is 8.74. The van der Waals surface area contributed by atoms with Crippen LogP contribution in [0, 0.1) is 0 Å². The number of rotatable bonds is 0. The monoisotopic (exact) mass is 498 g/mol. The Kier molecular flexibility index (Phi) is 24.6. The van der Waals surface area contributed by atoms with Gasteiger partial charge in [-0.05, 0) is 0 Å². The van der Waals surface area contributed by atoms with Crippen molar-refractivity contribution in [3.63, 3.8) is 0 Å². The van der Waals surface area contributed by atoms with Crippen LogP contribution in [0.2, 0.25) is 0 Å². The molecule has 0 fully saturated rings. The molecule has 17 N–H and O–H groups in total. The van der Waals surface area contributed by atoms with E-state index >= 15 is 0 Å². The first-order chi connectivity index (χ1) is 11.4. The summed E-state index contributed by atoms with van der Waals surface area (Å²) in [6.45, 7) is 0. The van der Waals surface area contributed by atoms with Crippen molar-refractivity contribution in [3.8, 4) is 0 Å². The Morgan fingerprint density at radius 1 is 0.556 bits per heavy atom. The van der Waals surface area contributed by atoms with Crippen molar-refractivity contribution in [3.05, 3.63) is 32.5 Å². The van der Waals surface area contributed by atoms with E-state index in [9.17, 15) is 0 Å². The van der Waals surface area contributed by atoms with Gasteiger partial charge < -0.3 is 82.8 Å². The van der Waals surface area contributed by atoms with Gasteiger partial charge in [0.2, 0.25) is 0 Å². The molecule has 0 heterocycles. The average molecular weight is 498 g/mol. The van der Waals surface area contributed by atoms with E-state index in [1.807, 2.05) is 0 Å². The van der Waals surface area contributed by atoms with E-state index in [-0.39, 0.29) is 19.5 Å². The zero-order chi connectivity index (χ0) is 22.1. The Labute approximate surface area is 166 Å². The van der Waals surface area contributed by atoms with Gasteiger partial charge in [-0.3, -0.25) is 9.11 Å². The summed E-state index contributed by atoms with van der Waals surface area (Å²) in [7, 11) is -4.67. The van der Waals surface area contributed by atoms with Crippen LogP contribution in [0.3, 0.4) is 0 Å². The standard InChI is InChI=1S/3C2H5N5.H2O4S.Rh/c3*3-1(4)7-2(5)6;1-5(2,3)4;/h3*(H5-2,3,4,5,6,7);(H2,1,2,3,4);/q3*-2;;+3. The minimum absolute atomic E-state index is 0. The Hall–Kier alpha value is -3.29. The van der Waals surface area contributed by atoms with Gasteiger partial charge in [-0.25, -0.2) is 0 Å². The number of guanidine groups is 6. The molecule has 0 radical (unpaired) electrons. The molecule has 0 saturated carbocycles. The van der Waals surface area contributed by atoms with Gasteiger partial charge in [0.1, 0.15) is 0 Å². The van der Waals surface area contributed by atoms with Crippen molar-refractivity contribution in [2.75, 3.05) is 0 Å². The Morgan fingerprint density at radius 2 is 0.630 bits per heavy atom. The number of nitrogens with zero attached hydrogens (tertiary/aromatic N) is 6. The third-order valence-electron chi connectivity index (χ3n) is 0.768. The molecule has 0 unspecified atom stereocenters. The van der Waals surface area contributed by atoms with Crippen molar-refractivity contribution in [2.24, 2.45) is 34.4 Å². The molecule has 19 nitrogen and oxygen atoms in total. The normalized spacial score (nSPS) is 7.93. The third kappa shape index (κ3) is 128. The molecule has 0 bridgehead atoms. The summed E-state index contributed by atoms with van der Waals surface area (Å²) < 4.78 is 31.6. The van der Waals surface area contributed by atoms with E-state index in [1.54, 1.807) is 16.0 Å². The quantitative estimate of drug-likeness (QED) is 0.0642. The van der Waals surface area contributed by atoms with Crippen molar-refractivity contribution in [1.29, 1.82) is 0 Å². The van der Waals surface area contributed by atoms with Crippen LogP contribution in [0.15, 0.2) is 0 Å². The van der Waals surface area contributed by atoms with E-state index in [2.05, 4.69) is 34.4 Å². The smallest absolute Gasteiger partial charge is 0.454 e. The zero-order valence-electron chi connectivity index (χ0n) is 13.1. The first-order valence-corrected chi connectivity index (χ1v) is 6.67. The molecule has 0 atom stereocenters. The average Bonchev–Trinajstić information content (AvgIpc) is 2.20.